The van der Waals surface area contributed by atoms with Crippen LogP contribution in [0.4, 0.5) is 0 Å². The van der Waals surface area contributed by atoms with Gasteiger partial charge in [-0.05, 0) is 32.2 Å². The maximum Gasteiger partial charge on any atom is 0.0387 e. The fourth-order valence-electron chi connectivity index (χ4n) is 0.914. The van der Waals surface area contributed by atoms with Crippen molar-refractivity contribution in [1.82, 2.24) is 4.98 Å². The SMILES string of the molecule is CSc1cc(C)nc(C)c1. The average Bonchev–Trinajstić information content (AvgIpc) is 1.85. The lowest BCUT2D eigenvalue weighted by Crippen LogP contribution is -1.85. The van der Waals surface area contributed by atoms with Crippen LogP contribution in [0.2, 0.25) is 0 Å². The quantitative estimate of drug-likeness (QED) is 0.575. The molecule has 1 aromatic rings. The Morgan fingerprint density at radius 3 is 2.10 bits per heavy atom. The molecule has 1 rings (SSSR count). The van der Waals surface area contributed by atoms with Crippen molar-refractivity contribution in [3.8, 4) is 0 Å². The van der Waals surface area contributed by atoms with Crippen molar-refractivity contribution in [3.63, 3.8) is 0 Å². The van der Waals surface area contributed by atoms with E-state index in [1.54, 1.807) is 11.8 Å². The van der Waals surface area contributed by atoms with E-state index in [1.165, 1.54) is 4.90 Å². The summed E-state index contributed by atoms with van der Waals surface area (Å²) in [5.41, 5.74) is 2.20. The van der Waals surface area contributed by atoms with Crippen molar-refractivity contribution in [2.45, 2.75) is 18.7 Å². The van der Waals surface area contributed by atoms with E-state index in [0.29, 0.717) is 0 Å². The van der Waals surface area contributed by atoms with Crippen LogP contribution in [-0.2, 0) is 0 Å². The number of hydrogen-bond acceptors (Lipinski definition) is 2. The number of rotatable bonds is 1. The molecule has 1 heterocycles. The molecule has 0 aromatic carbocycles. The van der Waals surface area contributed by atoms with Gasteiger partial charge in [0, 0.05) is 16.3 Å². The van der Waals surface area contributed by atoms with Crippen molar-refractivity contribution in [2.24, 2.45) is 0 Å². The van der Waals surface area contributed by atoms with Crippen molar-refractivity contribution in [3.05, 3.63) is 23.5 Å². The molecule has 0 saturated heterocycles. The molecule has 0 N–H and O–H groups in total. The van der Waals surface area contributed by atoms with E-state index in [2.05, 4.69) is 23.4 Å². The zero-order chi connectivity index (χ0) is 7.56. The normalized spacial score (nSPS) is 9.90. The zero-order valence-corrected chi connectivity index (χ0v) is 7.33. The van der Waals surface area contributed by atoms with Crippen LogP contribution in [0.1, 0.15) is 11.4 Å². The van der Waals surface area contributed by atoms with E-state index >= 15 is 0 Å². The van der Waals surface area contributed by atoms with Gasteiger partial charge in [-0.25, -0.2) is 0 Å². The first-order valence-electron chi connectivity index (χ1n) is 3.21. The molecule has 0 aliphatic carbocycles. The molecule has 0 aliphatic heterocycles. The number of nitrogens with zero attached hydrogens (tertiary/aromatic N) is 1. The van der Waals surface area contributed by atoms with Crippen molar-refractivity contribution in [2.75, 3.05) is 6.26 Å². The third kappa shape index (κ3) is 1.74. The highest BCUT2D eigenvalue weighted by atomic mass is 32.2. The number of pyridine rings is 1. The van der Waals surface area contributed by atoms with Crippen molar-refractivity contribution in [1.29, 1.82) is 0 Å². The van der Waals surface area contributed by atoms with Gasteiger partial charge in [0.2, 0.25) is 0 Å². The summed E-state index contributed by atoms with van der Waals surface area (Å²) >= 11 is 1.76. The molecule has 54 valence electrons. The van der Waals surface area contributed by atoms with Crippen molar-refractivity contribution < 1.29 is 0 Å². The smallest absolute Gasteiger partial charge is 0.0387 e. The highest BCUT2D eigenvalue weighted by Crippen LogP contribution is 2.15. The Balaban J connectivity index is 3.06. The first-order valence-corrected chi connectivity index (χ1v) is 4.44. The second-order valence-electron chi connectivity index (χ2n) is 2.29. The van der Waals surface area contributed by atoms with Crippen LogP contribution in [0.25, 0.3) is 0 Å². The summed E-state index contributed by atoms with van der Waals surface area (Å²) in [6, 6.07) is 4.19. The van der Waals surface area contributed by atoms with Gasteiger partial charge in [0.05, 0.1) is 0 Å². The fraction of sp³-hybridized carbons (Fsp3) is 0.375. The molecule has 0 unspecified atom stereocenters. The van der Waals surface area contributed by atoms with Gasteiger partial charge in [0.25, 0.3) is 0 Å². The van der Waals surface area contributed by atoms with E-state index in [1.807, 2.05) is 13.8 Å². The minimum absolute atomic E-state index is 1.10. The zero-order valence-electron chi connectivity index (χ0n) is 6.51. The Hall–Kier alpha value is -0.500. The van der Waals surface area contributed by atoms with Gasteiger partial charge in [-0.1, -0.05) is 0 Å². The van der Waals surface area contributed by atoms with E-state index in [-0.39, 0.29) is 0 Å². The summed E-state index contributed by atoms with van der Waals surface area (Å²) in [7, 11) is 0. The van der Waals surface area contributed by atoms with Gasteiger partial charge >= 0.3 is 0 Å². The number of hydrogen-bond donors (Lipinski definition) is 0. The summed E-state index contributed by atoms with van der Waals surface area (Å²) in [5.74, 6) is 0. The molecule has 1 nitrogen and oxygen atoms in total. The summed E-state index contributed by atoms with van der Waals surface area (Å²) in [4.78, 5) is 5.57. The monoisotopic (exact) mass is 153 g/mol. The molecule has 0 saturated carbocycles. The third-order valence-electron chi connectivity index (χ3n) is 1.29. The van der Waals surface area contributed by atoms with E-state index < -0.39 is 0 Å². The van der Waals surface area contributed by atoms with Crippen LogP contribution in [0.15, 0.2) is 17.0 Å². The molecule has 2 heteroatoms. The lowest BCUT2D eigenvalue weighted by atomic mass is 10.3. The molecule has 10 heavy (non-hydrogen) atoms. The van der Waals surface area contributed by atoms with Crippen LogP contribution in [-0.4, -0.2) is 11.2 Å². The van der Waals surface area contributed by atoms with Gasteiger partial charge in [0.1, 0.15) is 0 Å². The average molecular weight is 153 g/mol. The summed E-state index contributed by atoms with van der Waals surface area (Å²) in [5, 5.41) is 0. The van der Waals surface area contributed by atoms with Gasteiger partial charge in [-0.2, -0.15) is 0 Å². The first kappa shape index (κ1) is 7.61. The number of aryl methyl sites for hydroxylation is 2. The summed E-state index contributed by atoms with van der Waals surface area (Å²) in [6.07, 6.45) is 2.08. The summed E-state index contributed by atoms with van der Waals surface area (Å²) in [6.45, 7) is 4.04. The van der Waals surface area contributed by atoms with Crippen LogP contribution in [0, 0.1) is 13.8 Å². The number of thioether (sulfide) groups is 1. The molecule has 0 radical (unpaired) electrons. The minimum Gasteiger partial charge on any atom is -0.258 e. The Labute approximate surface area is 65.9 Å². The van der Waals surface area contributed by atoms with Gasteiger partial charge in [0.15, 0.2) is 0 Å². The second-order valence-corrected chi connectivity index (χ2v) is 3.17. The Bertz CT molecular complexity index is 212. The molecule has 0 spiro atoms. The lowest BCUT2D eigenvalue weighted by molar-refractivity contribution is 1.09. The maximum absolute atomic E-state index is 4.27. The van der Waals surface area contributed by atoms with E-state index in [9.17, 15) is 0 Å². The first-order chi connectivity index (χ1) is 4.72. The predicted molar refractivity (Wildman–Crippen MR) is 45.5 cm³/mol. The molecule has 0 fully saturated rings. The topological polar surface area (TPSA) is 12.9 Å². The predicted octanol–water partition coefficient (Wildman–Crippen LogP) is 2.42. The molecular weight excluding hydrogens is 142 g/mol. The molecule has 1 aromatic heterocycles. The highest BCUT2D eigenvalue weighted by Gasteiger charge is 1.93. The van der Waals surface area contributed by atoms with Gasteiger partial charge in [-0.15, -0.1) is 11.8 Å². The molecule has 0 bridgehead atoms. The molecule has 0 amide bonds. The van der Waals surface area contributed by atoms with Crippen LogP contribution in [0.3, 0.4) is 0 Å². The molecular formula is C8H11NS. The largest absolute Gasteiger partial charge is 0.258 e. The second kappa shape index (κ2) is 3.06. The Morgan fingerprint density at radius 2 is 1.70 bits per heavy atom. The molecule has 0 atom stereocenters. The Morgan fingerprint density at radius 1 is 1.20 bits per heavy atom. The van der Waals surface area contributed by atoms with Gasteiger partial charge in [-0.3, -0.25) is 4.98 Å². The Kier molecular flexibility index (Phi) is 2.33. The third-order valence-corrected chi connectivity index (χ3v) is 2.00. The van der Waals surface area contributed by atoms with E-state index in [4.69, 9.17) is 0 Å². The lowest BCUT2D eigenvalue weighted by Gasteiger charge is -1.98. The minimum atomic E-state index is 1.10. The maximum atomic E-state index is 4.27. The van der Waals surface area contributed by atoms with Crippen molar-refractivity contribution >= 4 is 11.8 Å². The van der Waals surface area contributed by atoms with Crippen LogP contribution < -0.4 is 0 Å². The van der Waals surface area contributed by atoms with E-state index in [0.717, 1.165) is 11.4 Å². The van der Waals surface area contributed by atoms with Crippen LogP contribution >= 0.6 is 11.8 Å². The molecule has 0 aliphatic rings. The summed E-state index contributed by atoms with van der Waals surface area (Å²) < 4.78 is 0. The van der Waals surface area contributed by atoms with Crippen LogP contribution in [0.5, 0.6) is 0 Å². The fourth-order valence-corrected chi connectivity index (χ4v) is 1.49. The number of aromatic nitrogens is 1. The van der Waals surface area contributed by atoms with Gasteiger partial charge < -0.3 is 0 Å². The standard InChI is InChI=1S/C8H11NS/c1-6-4-8(10-3)5-7(2)9-6/h4-5H,1-3H3. The highest BCUT2D eigenvalue weighted by molar-refractivity contribution is 7.98.